The molecule has 2 aliphatic rings. The van der Waals surface area contributed by atoms with E-state index < -0.39 is 0 Å². The first-order valence-electron chi connectivity index (χ1n) is 12.2. The molecule has 0 aliphatic carbocycles. The molecular weight excluding hydrogens is 440 g/mol. The number of phenols is 1. The normalized spacial score (nSPS) is 18.0. The van der Waals surface area contributed by atoms with Crippen molar-refractivity contribution in [2.24, 2.45) is 5.18 Å². The summed E-state index contributed by atoms with van der Waals surface area (Å²) < 4.78 is 12.5. The summed E-state index contributed by atoms with van der Waals surface area (Å²) in [5.74, 6) is 1.64. The van der Waals surface area contributed by atoms with E-state index in [0.29, 0.717) is 18.0 Å². The molecule has 0 aromatic heterocycles. The Labute approximate surface area is 205 Å². The molecule has 1 fully saturated rings. The number of hydrogen-bond acceptors (Lipinski definition) is 6. The van der Waals surface area contributed by atoms with Gasteiger partial charge in [0.25, 0.3) is 0 Å². The molecule has 6 nitrogen and oxygen atoms in total. The number of aromatic hydroxyl groups is 1. The highest BCUT2D eigenvalue weighted by Gasteiger charge is 2.29. The van der Waals surface area contributed by atoms with E-state index >= 15 is 0 Å². The van der Waals surface area contributed by atoms with Crippen LogP contribution in [-0.4, -0.2) is 36.2 Å². The summed E-state index contributed by atoms with van der Waals surface area (Å²) >= 11 is 0. The topological polar surface area (TPSA) is 71.4 Å². The van der Waals surface area contributed by atoms with Crippen LogP contribution in [0.5, 0.6) is 17.2 Å². The molecule has 0 radical (unpaired) electrons. The third-order valence-corrected chi connectivity index (χ3v) is 6.87. The van der Waals surface area contributed by atoms with Gasteiger partial charge in [-0.15, -0.1) is 4.91 Å². The van der Waals surface area contributed by atoms with Crippen LogP contribution in [0.15, 0.2) is 71.9 Å². The first-order chi connectivity index (χ1) is 17.1. The van der Waals surface area contributed by atoms with Gasteiger partial charge in [-0.1, -0.05) is 30.7 Å². The van der Waals surface area contributed by atoms with Gasteiger partial charge in [-0.2, -0.15) is 0 Å². The van der Waals surface area contributed by atoms with Crippen LogP contribution in [-0.2, 0) is 0 Å². The van der Waals surface area contributed by atoms with Crippen molar-refractivity contribution < 1.29 is 14.6 Å². The number of piperidine rings is 1. The summed E-state index contributed by atoms with van der Waals surface area (Å²) in [4.78, 5) is 13.4. The van der Waals surface area contributed by atoms with E-state index in [-0.39, 0.29) is 11.9 Å². The number of likely N-dealkylation sites (tertiary alicyclic amines) is 1. The molecule has 180 valence electrons. The Morgan fingerprint density at radius 3 is 2.46 bits per heavy atom. The first-order valence-corrected chi connectivity index (χ1v) is 12.2. The Bertz CT molecular complexity index is 1210. The predicted molar refractivity (Wildman–Crippen MR) is 138 cm³/mol. The summed E-state index contributed by atoms with van der Waals surface area (Å²) in [6, 6.07) is 20.4. The SMILES string of the molecule is CC1=C(c2ccc(N=O)cc2)C(c2ccc(OCCN3CCCCC3)cc2)Oc2cc(O)ccc21. The minimum atomic E-state index is -0.373. The molecule has 6 heteroatoms. The molecule has 1 unspecified atom stereocenters. The minimum absolute atomic E-state index is 0.164. The fourth-order valence-electron chi connectivity index (χ4n) is 4.96. The van der Waals surface area contributed by atoms with Crippen LogP contribution in [0, 0.1) is 4.91 Å². The highest BCUT2D eigenvalue weighted by molar-refractivity contribution is 5.95. The third-order valence-electron chi connectivity index (χ3n) is 6.87. The van der Waals surface area contributed by atoms with Gasteiger partial charge < -0.3 is 14.6 Å². The number of nitroso groups, excluding NO2 is 1. The highest BCUT2D eigenvalue weighted by atomic mass is 16.5. The van der Waals surface area contributed by atoms with E-state index in [2.05, 4.69) is 17.0 Å². The standard InChI is InChI=1S/C29H30N2O4/c1-20-26-14-11-24(32)19-27(26)35-29(28(20)21-5-9-23(30-33)10-6-21)22-7-12-25(13-8-22)34-18-17-31-15-3-2-4-16-31/h5-14,19,29,32H,2-4,15-18H2,1H3. The number of hydrogen-bond donors (Lipinski definition) is 1. The Morgan fingerprint density at radius 2 is 1.74 bits per heavy atom. The molecule has 1 atom stereocenters. The van der Waals surface area contributed by atoms with Crippen LogP contribution < -0.4 is 9.47 Å². The lowest BCUT2D eigenvalue weighted by Crippen LogP contribution is -2.33. The lowest BCUT2D eigenvalue weighted by atomic mass is 9.86. The van der Waals surface area contributed by atoms with Gasteiger partial charge in [-0.05, 0) is 91.1 Å². The summed E-state index contributed by atoms with van der Waals surface area (Å²) in [5, 5.41) is 13.0. The van der Waals surface area contributed by atoms with Crippen molar-refractivity contribution in [2.45, 2.75) is 32.3 Å². The number of allylic oxidation sites excluding steroid dienone is 1. The fraction of sp³-hybridized carbons (Fsp3) is 0.310. The molecule has 3 aromatic rings. The second kappa shape index (κ2) is 10.3. The molecule has 1 saturated heterocycles. The molecular formula is C29H30N2O4. The zero-order chi connectivity index (χ0) is 24.2. The average molecular weight is 471 g/mol. The maximum atomic E-state index is 10.9. The number of fused-ring (bicyclic) bond motifs is 1. The van der Waals surface area contributed by atoms with Crippen LogP contribution >= 0.6 is 0 Å². The van der Waals surface area contributed by atoms with Gasteiger partial charge in [0.2, 0.25) is 0 Å². The Balaban J connectivity index is 1.40. The zero-order valence-corrected chi connectivity index (χ0v) is 19.9. The number of rotatable bonds is 7. The van der Waals surface area contributed by atoms with Gasteiger partial charge in [-0.25, -0.2) is 0 Å². The summed E-state index contributed by atoms with van der Waals surface area (Å²) in [7, 11) is 0. The van der Waals surface area contributed by atoms with E-state index in [1.807, 2.05) is 42.5 Å². The lowest BCUT2D eigenvalue weighted by molar-refractivity contribution is 0.183. The van der Waals surface area contributed by atoms with Gasteiger partial charge in [0.1, 0.15) is 35.6 Å². The Kier molecular flexibility index (Phi) is 6.82. The number of ether oxygens (including phenoxy) is 2. The molecule has 3 aromatic carbocycles. The first kappa shape index (κ1) is 23.1. The van der Waals surface area contributed by atoms with Crippen molar-refractivity contribution in [3.05, 3.63) is 88.3 Å². The van der Waals surface area contributed by atoms with E-state index in [1.54, 1.807) is 24.3 Å². The van der Waals surface area contributed by atoms with E-state index in [0.717, 1.165) is 53.2 Å². The number of nitrogens with zero attached hydrogens (tertiary/aromatic N) is 2. The molecule has 0 saturated carbocycles. The van der Waals surface area contributed by atoms with Crippen molar-refractivity contribution in [3.63, 3.8) is 0 Å². The predicted octanol–water partition coefficient (Wildman–Crippen LogP) is 6.72. The summed E-state index contributed by atoms with van der Waals surface area (Å²) in [6.07, 6.45) is 3.52. The van der Waals surface area contributed by atoms with Crippen molar-refractivity contribution >= 4 is 16.8 Å². The molecule has 5 rings (SSSR count). The van der Waals surface area contributed by atoms with Crippen molar-refractivity contribution in [3.8, 4) is 17.2 Å². The molecule has 0 spiro atoms. The van der Waals surface area contributed by atoms with E-state index in [9.17, 15) is 10.0 Å². The number of benzene rings is 3. The van der Waals surface area contributed by atoms with E-state index in [1.165, 1.54) is 19.3 Å². The molecule has 1 N–H and O–H groups in total. The third kappa shape index (κ3) is 5.08. The Hall–Kier alpha value is -3.64. The van der Waals surface area contributed by atoms with Crippen molar-refractivity contribution in [1.29, 1.82) is 0 Å². The fourth-order valence-corrected chi connectivity index (χ4v) is 4.96. The molecule has 0 bridgehead atoms. The second-order valence-electron chi connectivity index (χ2n) is 9.17. The molecule has 35 heavy (non-hydrogen) atoms. The quantitative estimate of drug-likeness (QED) is 0.388. The van der Waals surface area contributed by atoms with Gasteiger partial charge in [0.05, 0.1) is 0 Å². The summed E-state index contributed by atoms with van der Waals surface area (Å²) in [6.45, 7) is 6.01. The van der Waals surface area contributed by atoms with Gasteiger partial charge >= 0.3 is 0 Å². The minimum Gasteiger partial charge on any atom is -0.508 e. The largest absolute Gasteiger partial charge is 0.508 e. The van der Waals surface area contributed by atoms with Crippen LogP contribution in [0.1, 0.15) is 49.0 Å². The molecule has 2 aliphatic heterocycles. The van der Waals surface area contributed by atoms with Gasteiger partial charge in [0.15, 0.2) is 0 Å². The lowest BCUT2D eigenvalue weighted by Gasteiger charge is -2.31. The second-order valence-corrected chi connectivity index (χ2v) is 9.17. The zero-order valence-electron chi connectivity index (χ0n) is 19.9. The summed E-state index contributed by atoms with van der Waals surface area (Å²) in [5.41, 5.74) is 5.33. The smallest absolute Gasteiger partial charge is 0.150 e. The van der Waals surface area contributed by atoms with Crippen LogP contribution in [0.25, 0.3) is 11.1 Å². The van der Waals surface area contributed by atoms with Crippen LogP contribution in [0.4, 0.5) is 5.69 Å². The monoisotopic (exact) mass is 470 g/mol. The van der Waals surface area contributed by atoms with Crippen molar-refractivity contribution in [1.82, 2.24) is 4.90 Å². The Morgan fingerprint density at radius 1 is 1.00 bits per heavy atom. The highest BCUT2D eigenvalue weighted by Crippen LogP contribution is 2.47. The maximum Gasteiger partial charge on any atom is 0.150 e. The molecule has 0 amide bonds. The van der Waals surface area contributed by atoms with Crippen molar-refractivity contribution in [2.75, 3.05) is 26.2 Å². The van der Waals surface area contributed by atoms with Crippen LogP contribution in [0.2, 0.25) is 0 Å². The maximum absolute atomic E-state index is 10.9. The van der Waals surface area contributed by atoms with E-state index in [4.69, 9.17) is 9.47 Å². The number of phenolic OH excluding ortho intramolecular Hbond substituents is 1. The van der Waals surface area contributed by atoms with Gasteiger partial charge in [-0.3, -0.25) is 4.90 Å². The van der Waals surface area contributed by atoms with Crippen LogP contribution in [0.3, 0.4) is 0 Å². The average Bonchev–Trinajstić information content (AvgIpc) is 2.89. The molecule has 2 heterocycles. The van der Waals surface area contributed by atoms with Gasteiger partial charge in [0, 0.05) is 23.7 Å².